The van der Waals surface area contributed by atoms with Crippen molar-refractivity contribution in [2.75, 3.05) is 0 Å². The van der Waals surface area contributed by atoms with E-state index in [0.717, 1.165) is 6.42 Å². The zero-order valence-electron chi connectivity index (χ0n) is 14.7. The van der Waals surface area contributed by atoms with Gasteiger partial charge in [-0.05, 0) is 35.3 Å². The zero-order valence-corrected chi connectivity index (χ0v) is 14.7. The Balaban J connectivity index is 2.43. The molecule has 0 radical (unpaired) electrons. The number of aryl methyl sites for hydroxylation is 1. The fraction of sp³-hybridized carbons (Fsp3) is 0.524. The van der Waals surface area contributed by atoms with E-state index in [1.165, 1.54) is 16.7 Å². The lowest BCUT2D eigenvalue weighted by molar-refractivity contribution is 0.454. The van der Waals surface area contributed by atoms with Crippen LogP contribution in [0.2, 0.25) is 0 Å². The third kappa shape index (κ3) is 3.87. The van der Waals surface area contributed by atoms with Crippen molar-refractivity contribution in [3.8, 4) is 0 Å². The third-order valence-electron chi connectivity index (χ3n) is 4.49. The van der Waals surface area contributed by atoms with E-state index in [9.17, 15) is 0 Å². The summed E-state index contributed by atoms with van der Waals surface area (Å²) in [6, 6.07) is 9.05. The molecule has 1 aromatic carbocycles. The van der Waals surface area contributed by atoms with Gasteiger partial charge in [-0.1, -0.05) is 89.1 Å². The van der Waals surface area contributed by atoms with Crippen molar-refractivity contribution in [2.24, 2.45) is 10.8 Å². The number of rotatable bonds is 1. The molecule has 1 aromatic rings. The average Bonchev–Trinajstić information content (AvgIpc) is 2.37. The Kier molecular flexibility index (Phi) is 4.19. The zero-order chi connectivity index (χ0) is 15.8. The molecule has 0 aliphatic heterocycles. The van der Waals surface area contributed by atoms with Gasteiger partial charge in [-0.2, -0.15) is 0 Å². The van der Waals surface area contributed by atoms with Gasteiger partial charge in [0, 0.05) is 5.92 Å². The second-order valence-corrected chi connectivity index (χ2v) is 8.51. The predicted octanol–water partition coefficient (Wildman–Crippen LogP) is 6.43. The normalized spacial score (nSPS) is 20.0. The molecule has 1 aliphatic rings. The van der Waals surface area contributed by atoms with E-state index in [4.69, 9.17) is 0 Å². The van der Waals surface area contributed by atoms with Crippen LogP contribution >= 0.6 is 0 Å². The summed E-state index contributed by atoms with van der Waals surface area (Å²) in [5, 5.41) is 0. The van der Waals surface area contributed by atoms with Gasteiger partial charge >= 0.3 is 0 Å². The van der Waals surface area contributed by atoms with Gasteiger partial charge in [0.25, 0.3) is 0 Å². The summed E-state index contributed by atoms with van der Waals surface area (Å²) in [4.78, 5) is 0. The van der Waals surface area contributed by atoms with E-state index in [0.29, 0.717) is 5.92 Å². The summed E-state index contributed by atoms with van der Waals surface area (Å²) < 4.78 is 0. The lowest BCUT2D eigenvalue weighted by Crippen LogP contribution is -2.19. The van der Waals surface area contributed by atoms with Crippen LogP contribution in [0.3, 0.4) is 0 Å². The van der Waals surface area contributed by atoms with Crippen molar-refractivity contribution in [1.29, 1.82) is 0 Å². The Morgan fingerprint density at radius 3 is 1.90 bits per heavy atom. The smallest absolute Gasteiger partial charge is 0.00614 e. The molecule has 0 fully saturated rings. The predicted molar refractivity (Wildman–Crippen MR) is 93.6 cm³/mol. The third-order valence-corrected chi connectivity index (χ3v) is 4.49. The number of allylic oxidation sites excluding steroid dienone is 4. The largest absolute Gasteiger partial charge is 0.0729 e. The number of hydrogen-bond acceptors (Lipinski definition) is 0. The van der Waals surface area contributed by atoms with E-state index in [2.05, 4.69) is 84.9 Å². The second-order valence-electron chi connectivity index (χ2n) is 8.51. The highest BCUT2D eigenvalue weighted by atomic mass is 14.3. The van der Waals surface area contributed by atoms with Crippen LogP contribution in [0, 0.1) is 17.8 Å². The Hall–Kier alpha value is -1.30. The van der Waals surface area contributed by atoms with Crippen LogP contribution in [0.15, 0.2) is 47.6 Å². The minimum Gasteiger partial charge on any atom is -0.0729 e. The average molecular weight is 282 g/mol. The minimum atomic E-state index is 0.208. The Morgan fingerprint density at radius 2 is 1.43 bits per heavy atom. The van der Waals surface area contributed by atoms with Crippen LogP contribution < -0.4 is 0 Å². The van der Waals surface area contributed by atoms with Gasteiger partial charge in [-0.3, -0.25) is 0 Å². The molecular weight excluding hydrogens is 252 g/mol. The second kappa shape index (κ2) is 5.48. The fourth-order valence-electron chi connectivity index (χ4n) is 2.82. The fourth-order valence-corrected chi connectivity index (χ4v) is 2.82. The Bertz CT molecular complexity index is 554. The molecule has 0 nitrogen and oxygen atoms in total. The number of benzene rings is 1. The summed E-state index contributed by atoms with van der Waals surface area (Å²) in [7, 11) is 0. The van der Waals surface area contributed by atoms with Gasteiger partial charge in [-0.15, -0.1) is 0 Å². The van der Waals surface area contributed by atoms with E-state index < -0.39 is 0 Å². The van der Waals surface area contributed by atoms with E-state index >= 15 is 0 Å². The summed E-state index contributed by atoms with van der Waals surface area (Å²) in [5.74, 6) is 0.513. The van der Waals surface area contributed by atoms with Crippen LogP contribution in [-0.2, 0) is 0 Å². The molecule has 114 valence electrons. The lowest BCUT2D eigenvalue weighted by Gasteiger charge is -2.34. The van der Waals surface area contributed by atoms with Gasteiger partial charge < -0.3 is 0 Å². The quantitative estimate of drug-likeness (QED) is 0.557. The summed E-state index contributed by atoms with van der Waals surface area (Å²) in [5.41, 5.74) is 6.27. The van der Waals surface area contributed by atoms with Crippen molar-refractivity contribution in [1.82, 2.24) is 0 Å². The summed E-state index contributed by atoms with van der Waals surface area (Å²) in [6.45, 7) is 16.1. The van der Waals surface area contributed by atoms with Gasteiger partial charge in [0.05, 0.1) is 0 Å². The van der Waals surface area contributed by atoms with Crippen LogP contribution in [0.25, 0.3) is 0 Å². The SMILES string of the molecule is Cc1ccc(C2C=C(C(C)(C)C)C=C(C(C)(C)C)C2)cc1. The van der Waals surface area contributed by atoms with E-state index in [1.54, 1.807) is 5.57 Å². The van der Waals surface area contributed by atoms with Crippen molar-refractivity contribution in [3.63, 3.8) is 0 Å². The first kappa shape index (κ1) is 16.1. The molecule has 1 unspecified atom stereocenters. The molecule has 0 heterocycles. The van der Waals surface area contributed by atoms with Gasteiger partial charge in [0.2, 0.25) is 0 Å². The van der Waals surface area contributed by atoms with Crippen LogP contribution in [0.1, 0.15) is 65.0 Å². The molecule has 1 atom stereocenters. The van der Waals surface area contributed by atoms with Crippen LogP contribution in [0.4, 0.5) is 0 Å². The molecule has 0 saturated carbocycles. The highest BCUT2D eigenvalue weighted by molar-refractivity contribution is 5.41. The first-order valence-electron chi connectivity index (χ1n) is 8.07. The van der Waals surface area contributed by atoms with Crippen molar-refractivity contribution in [2.45, 2.75) is 60.8 Å². The molecule has 21 heavy (non-hydrogen) atoms. The molecule has 0 saturated heterocycles. The monoisotopic (exact) mass is 282 g/mol. The minimum absolute atomic E-state index is 0.208. The molecule has 0 spiro atoms. The maximum Gasteiger partial charge on any atom is 0.00614 e. The molecule has 1 aliphatic carbocycles. The van der Waals surface area contributed by atoms with E-state index in [-0.39, 0.29) is 10.8 Å². The van der Waals surface area contributed by atoms with Crippen molar-refractivity contribution < 1.29 is 0 Å². The van der Waals surface area contributed by atoms with Gasteiger partial charge in [0.15, 0.2) is 0 Å². The summed E-state index contributed by atoms with van der Waals surface area (Å²) in [6.07, 6.45) is 6.08. The molecular formula is C21H30. The van der Waals surface area contributed by atoms with Crippen molar-refractivity contribution >= 4 is 0 Å². The molecule has 0 N–H and O–H groups in total. The lowest BCUT2D eigenvalue weighted by atomic mass is 9.71. The molecule has 0 aromatic heterocycles. The highest BCUT2D eigenvalue weighted by Crippen LogP contribution is 2.43. The van der Waals surface area contributed by atoms with Gasteiger partial charge in [-0.25, -0.2) is 0 Å². The maximum absolute atomic E-state index is 2.49. The molecule has 0 amide bonds. The van der Waals surface area contributed by atoms with Crippen molar-refractivity contribution in [3.05, 3.63) is 58.7 Å². The Morgan fingerprint density at radius 1 is 0.857 bits per heavy atom. The van der Waals surface area contributed by atoms with Crippen LogP contribution in [-0.4, -0.2) is 0 Å². The topological polar surface area (TPSA) is 0 Å². The van der Waals surface area contributed by atoms with Gasteiger partial charge in [0.1, 0.15) is 0 Å². The first-order chi connectivity index (χ1) is 9.57. The first-order valence-corrected chi connectivity index (χ1v) is 8.07. The summed E-state index contributed by atoms with van der Waals surface area (Å²) >= 11 is 0. The Labute approximate surface area is 131 Å². The standard InChI is InChI=1S/C21H30/c1-15-8-10-16(11-9-15)17-12-18(20(2,3)4)14-19(13-17)21(5,6)7/h8-12,14,17H,13H2,1-7H3. The van der Waals surface area contributed by atoms with Crippen LogP contribution in [0.5, 0.6) is 0 Å². The maximum atomic E-state index is 2.49. The molecule has 0 bridgehead atoms. The molecule has 0 heteroatoms. The van der Waals surface area contributed by atoms with E-state index in [1.807, 2.05) is 0 Å². The number of hydrogen-bond donors (Lipinski definition) is 0. The highest BCUT2D eigenvalue weighted by Gasteiger charge is 2.28. The molecule has 2 rings (SSSR count).